The second kappa shape index (κ2) is 5.10. The summed E-state index contributed by atoms with van der Waals surface area (Å²) in [4.78, 5) is 11.2. The van der Waals surface area contributed by atoms with Gasteiger partial charge in [0, 0.05) is 4.47 Å². The molecule has 0 bridgehead atoms. The minimum absolute atomic E-state index is 0.274. The van der Waals surface area contributed by atoms with Crippen LogP contribution < -0.4 is 0 Å². The average Bonchev–Trinajstić information content (AvgIpc) is 2.47. The van der Waals surface area contributed by atoms with E-state index in [2.05, 4.69) is 15.9 Å². The zero-order valence-corrected chi connectivity index (χ0v) is 12.1. The molecule has 0 saturated carbocycles. The molecule has 0 saturated heterocycles. The van der Waals surface area contributed by atoms with E-state index in [1.807, 2.05) is 48.5 Å². The quantitative estimate of drug-likeness (QED) is 0.722. The van der Waals surface area contributed by atoms with Gasteiger partial charge in [-0.3, -0.25) is 0 Å². The van der Waals surface area contributed by atoms with Crippen molar-refractivity contribution < 1.29 is 9.90 Å². The molecule has 98 valence electrons. The number of carboxylic acid groups (broad SMARTS) is 1. The molecule has 0 aliphatic rings. The lowest BCUT2D eigenvalue weighted by Gasteiger charge is -2.10. The summed E-state index contributed by atoms with van der Waals surface area (Å²) in [5, 5.41) is 11.5. The van der Waals surface area contributed by atoms with Crippen LogP contribution in [0.3, 0.4) is 0 Å². The fourth-order valence-corrected chi connectivity index (χ4v) is 3.01. The van der Waals surface area contributed by atoms with Crippen molar-refractivity contribution in [3.63, 3.8) is 0 Å². The zero-order chi connectivity index (χ0) is 14.1. The Morgan fingerprint density at radius 3 is 2.30 bits per heavy atom. The molecule has 0 amide bonds. The first-order chi connectivity index (χ1) is 9.68. The molecule has 0 radical (unpaired) electrons. The first-order valence-corrected chi connectivity index (χ1v) is 6.98. The number of fused-ring (bicyclic) bond motifs is 1. The van der Waals surface area contributed by atoms with Gasteiger partial charge in [0.25, 0.3) is 0 Å². The molecule has 0 unspecified atom stereocenters. The lowest BCUT2D eigenvalue weighted by Crippen LogP contribution is -1.98. The van der Waals surface area contributed by atoms with E-state index < -0.39 is 5.97 Å². The van der Waals surface area contributed by atoms with Crippen LogP contribution >= 0.6 is 15.9 Å². The molecule has 0 spiro atoms. The van der Waals surface area contributed by atoms with Crippen molar-refractivity contribution in [2.75, 3.05) is 0 Å². The number of carbonyl (C=O) groups is 1. The van der Waals surface area contributed by atoms with Crippen molar-refractivity contribution in [1.29, 1.82) is 0 Å². The van der Waals surface area contributed by atoms with E-state index in [1.54, 1.807) is 12.1 Å². The van der Waals surface area contributed by atoms with Crippen molar-refractivity contribution in [2.24, 2.45) is 0 Å². The molecule has 0 fully saturated rings. The van der Waals surface area contributed by atoms with Crippen LogP contribution in [0.15, 0.2) is 65.1 Å². The Bertz CT molecular complexity index is 804. The zero-order valence-electron chi connectivity index (χ0n) is 10.5. The minimum Gasteiger partial charge on any atom is -0.478 e. The first-order valence-electron chi connectivity index (χ1n) is 6.18. The van der Waals surface area contributed by atoms with E-state index in [9.17, 15) is 9.90 Å². The van der Waals surface area contributed by atoms with Crippen molar-refractivity contribution in [2.45, 2.75) is 0 Å². The number of rotatable bonds is 2. The van der Waals surface area contributed by atoms with Crippen LogP contribution in [0.1, 0.15) is 10.4 Å². The highest BCUT2D eigenvalue weighted by Gasteiger charge is 2.14. The van der Waals surface area contributed by atoms with Gasteiger partial charge in [0.15, 0.2) is 0 Å². The molecular weight excluding hydrogens is 316 g/mol. The lowest BCUT2D eigenvalue weighted by molar-refractivity contribution is 0.0696. The van der Waals surface area contributed by atoms with Crippen molar-refractivity contribution >= 4 is 32.7 Å². The Kier molecular flexibility index (Phi) is 3.28. The molecule has 3 aromatic rings. The maximum Gasteiger partial charge on any atom is 0.336 e. The Morgan fingerprint density at radius 2 is 1.50 bits per heavy atom. The van der Waals surface area contributed by atoms with E-state index in [-0.39, 0.29) is 5.56 Å². The number of benzene rings is 3. The fraction of sp³-hybridized carbons (Fsp3) is 0. The molecule has 0 aliphatic heterocycles. The minimum atomic E-state index is -0.932. The molecule has 0 aromatic heterocycles. The third kappa shape index (κ3) is 2.10. The largest absolute Gasteiger partial charge is 0.478 e. The molecule has 3 aromatic carbocycles. The van der Waals surface area contributed by atoms with Crippen LogP contribution in [0.25, 0.3) is 21.9 Å². The second-order valence-electron chi connectivity index (χ2n) is 4.50. The van der Waals surface area contributed by atoms with E-state index in [0.29, 0.717) is 4.47 Å². The number of hydrogen-bond acceptors (Lipinski definition) is 1. The predicted molar refractivity (Wildman–Crippen MR) is 84.0 cm³/mol. The maximum atomic E-state index is 11.2. The molecule has 0 aliphatic carbocycles. The lowest BCUT2D eigenvalue weighted by atomic mass is 9.97. The van der Waals surface area contributed by atoms with Crippen LogP contribution in [0, 0.1) is 0 Å². The number of aromatic carboxylic acids is 1. The van der Waals surface area contributed by atoms with Crippen LogP contribution in [0.5, 0.6) is 0 Å². The van der Waals surface area contributed by atoms with E-state index in [0.717, 1.165) is 21.9 Å². The summed E-state index contributed by atoms with van der Waals surface area (Å²) in [5.41, 5.74) is 2.19. The number of carboxylic acids is 1. The molecular formula is C17H11BrO2. The van der Waals surface area contributed by atoms with Gasteiger partial charge < -0.3 is 5.11 Å². The Balaban J connectivity index is 2.32. The number of hydrogen-bond donors (Lipinski definition) is 1. The maximum absolute atomic E-state index is 11.2. The van der Waals surface area contributed by atoms with Crippen molar-refractivity contribution in [3.8, 4) is 11.1 Å². The Morgan fingerprint density at radius 1 is 0.850 bits per heavy atom. The molecule has 3 heteroatoms. The van der Waals surface area contributed by atoms with E-state index in [4.69, 9.17) is 0 Å². The van der Waals surface area contributed by atoms with Crippen LogP contribution in [-0.4, -0.2) is 11.1 Å². The monoisotopic (exact) mass is 326 g/mol. The van der Waals surface area contributed by atoms with Gasteiger partial charge in [0.2, 0.25) is 0 Å². The highest BCUT2D eigenvalue weighted by atomic mass is 79.9. The van der Waals surface area contributed by atoms with E-state index in [1.165, 1.54) is 0 Å². The highest BCUT2D eigenvalue weighted by molar-refractivity contribution is 9.10. The average molecular weight is 327 g/mol. The second-order valence-corrected chi connectivity index (χ2v) is 5.29. The normalized spacial score (nSPS) is 10.7. The van der Waals surface area contributed by atoms with Gasteiger partial charge in [-0.05, 0) is 43.9 Å². The van der Waals surface area contributed by atoms with Crippen LogP contribution in [0.4, 0.5) is 0 Å². The Hall–Kier alpha value is -2.13. The van der Waals surface area contributed by atoms with Crippen LogP contribution in [0.2, 0.25) is 0 Å². The van der Waals surface area contributed by atoms with Crippen molar-refractivity contribution in [3.05, 3.63) is 70.7 Å². The molecule has 20 heavy (non-hydrogen) atoms. The third-order valence-corrected chi connectivity index (χ3v) is 4.16. The van der Waals surface area contributed by atoms with Gasteiger partial charge >= 0.3 is 5.97 Å². The SMILES string of the molecule is O=C(O)c1cccc(-c2cccc3ccccc23)c1Br. The molecule has 1 N–H and O–H groups in total. The first kappa shape index (κ1) is 12.9. The van der Waals surface area contributed by atoms with Gasteiger partial charge in [-0.15, -0.1) is 0 Å². The highest BCUT2D eigenvalue weighted by Crippen LogP contribution is 2.35. The predicted octanol–water partition coefficient (Wildman–Crippen LogP) is 4.97. The van der Waals surface area contributed by atoms with Gasteiger partial charge in [0.1, 0.15) is 0 Å². The van der Waals surface area contributed by atoms with Crippen LogP contribution in [-0.2, 0) is 0 Å². The summed E-state index contributed by atoms with van der Waals surface area (Å²) < 4.78 is 0.615. The third-order valence-electron chi connectivity index (χ3n) is 3.31. The van der Waals surface area contributed by atoms with Gasteiger partial charge in [-0.2, -0.15) is 0 Å². The summed E-state index contributed by atoms with van der Waals surface area (Å²) >= 11 is 3.42. The smallest absolute Gasteiger partial charge is 0.336 e. The Labute approximate surface area is 124 Å². The standard InChI is InChI=1S/C17H11BrO2/c18-16-14(9-4-10-15(16)17(19)20)13-8-3-6-11-5-1-2-7-12(11)13/h1-10H,(H,19,20). The summed E-state index contributed by atoms with van der Waals surface area (Å²) in [6, 6.07) is 19.4. The van der Waals surface area contributed by atoms with Gasteiger partial charge in [-0.25, -0.2) is 4.79 Å². The summed E-state index contributed by atoms with van der Waals surface area (Å²) in [6.07, 6.45) is 0. The molecule has 0 atom stereocenters. The van der Waals surface area contributed by atoms with Gasteiger partial charge in [-0.1, -0.05) is 54.6 Å². The molecule has 3 rings (SSSR count). The van der Waals surface area contributed by atoms with Gasteiger partial charge in [0.05, 0.1) is 5.56 Å². The number of halogens is 1. The molecule has 2 nitrogen and oxygen atoms in total. The van der Waals surface area contributed by atoms with E-state index >= 15 is 0 Å². The summed E-state index contributed by atoms with van der Waals surface area (Å²) in [6.45, 7) is 0. The topological polar surface area (TPSA) is 37.3 Å². The van der Waals surface area contributed by atoms with Crippen molar-refractivity contribution in [1.82, 2.24) is 0 Å². The summed E-state index contributed by atoms with van der Waals surface area (Å²) in [5.74, 6) is -0.932. The fourth-order valence-electron chi connectivity index (χ4n) is 2.37. The molecule has 0 heterocycles. The summed E-state index contributed by atoms with van der Waals surface area (Å²) in [7, 11) is 0.